The van der Waals surface area contributed by atoms with Gasteiger partial charge in [-0.15, -0.1) is 0 Å². The topological polar surface area (TPSA) is 71.1 Å². The lowest BCUT2D eigenvalue weighted by Crippen LogP contribution is -2.47. The fourth-order valence-electron chi connectivity index (χ4n) is 3.97. The molecular weight excluding hydrogens is 484 g/mol. The summed E-state index contributed by atoms with van der Waals surface area (Å²) in [5, 5.41) is 2.22. The zero-order chi connectivity index (χ0) is 27.2. The van der Waals surface area contributed by atoms with Crippen LogP contribution in [0, 0.1) is 0 Å². The Labute approximate surface area is 221 Å². The largest absolute Gasteiger partial charge is 0.537 e. The van der Waals surface area contributed by atoms with Crippen LogP contribution in [0.2, 0.25) is 0 Å². The van der Waals surface area contributed by atoms with Gasteiger partial charge in [-0.25, -0.2) is 9.59 Å². The number of carbonyl (C=O) groups is 2. The minimum absolute atomic E-state index is 0.245. The number of rotatable bonds is 8. The Morgan fingerprint density at radius 1 is 0.757 bits per heavy atom. The number of esters is 2. The highest BCUT2D eigenvalue weighted by molar-refractivity contribution is 6.80. The van der Waals surface area contributed by atoms with E-state index < -0.39 is 32.0 Å². The number of benzene rings is 3. The first-order valence-electron chi connectivity index (χ1n) is 12.3. The molecule has 0 aliphatic rings. The molecule has 0 radical (unpaired) electrons. The summed E-state index contributed by atoms with van der Waals surface area (Å²) in [6.07, 6.45) is 0. The predicted molar refractivity (Wildman–Crippen MR) is 148 cm³/mol. The normalized spacial score (nSPS) is 11.7. The fraction of sp³-hybridized carbons (Fsp3) is 0.333. The van der Waals surface area contributed by atoms with Gasteiger partial charge in [-0.2, -0.15) is 0 Å². The minimum Gasteiger partial charge on any atom is -0.537 e. The van der Waals surface area contributed by atoms with Crippen LogP contribution in [-0.4, -0.2) is 40.3 Å². The van der Waals surface area contributed by atoms with Crippen LogP contribution in [0.4, 0.5) is 0 Å². The van der Waals surface area contributed by atoms with E-state index >= 15 is 0 Å². The molecule has 0 spiro atoms. The molecule has 0 fully saturated rings. The lowest BCUT2D eigenvalue weighted by Gasteiger charge is -2.30. The van der Waals surface area contributed by atoms with Crippen LogP contribution in [0.3, 0.4) is 0 Å². The summed E-state index contributed by atoms with van der Waals surface area (Å²) in [6, 6.07) is 23.7. The van der Waals surface area contributed by atoms with E-state index in [-0.39, 0.29) is 17.9 Å². The molecule has 0 N–H and O–H groups in total. The number of carbonyl (C=O) groups excluding carboxylic acids is 2. The molecule has 0 saturated carbocycles. The molecule has 0 atom stereocenters. The molecular formula is C30H36O6Si. The van der Waals surface area contributed by atoms with Crippen LogP contribution in [0.1, 0.15) is 57.5 Å². The Bertz CT molecular complexity index is 1170. The summed E-state index contributed by atoms with van der Waals surface area (Å²) in [6.45, 7) is 11.1. The molecule has 6 nitrogen and oxygen atoms in total. The van der Waals surface area contributed by atoms with Gasteiger partial charge >= 0.3 is 11.9 Å². The molecule has 0 saturated heterocycles. The molecule has 196 valence electrons. The van der Waals surface area contributed by atoms with Gasteiger partial charge in [-0.05, 0) is 48.7 Å². The highest BCUT2D eigenvalue weighted by atomic mass is 28.3. The van der Waals surface area contributed by atoms with Crippen molar-refractivity contribution in [3.05, 3.63) is 83.9 Å². The van der Waals surface area contributed by atoms with Crippen molar-refractivity contribution in [1.29, 1.82) is 0 Å². The smallest absolute Gasteiger partial charge is 0.343 e. The first-order valence-corrected chi connectivity index (χ1v) is 13.9. The monoisotopic (exact) mass is 520 g/mol. The third-order valence-electron chi connectivity index (χ3n) is 5.50. The molecule has 0 bridgehead atoms. The van der Waals surface area contributed by atoms with Crippen molar-refractivity contribution in [2.45, 2.75) is 52.6 Å². The Kier molecular flexibility index (Phi) is 8.81. The van der Waals surface area contributed by atoms with E-state index in [1.54, 1.807) is 6.07 Å². The molecule has 3 aromatic rings. The van der Waals surface area contributed by atoms with E-state index in [4.69, 9.17) is 18.6 Å². The Hall–Kier alpha value is -3.58. The number of methoxy groups -OCH3 is 1. The van der Waals surface area contributed by atoms with E-state index in [0.29, 0.717) is 11.3 Å². The molecule has 37 heavy (non-hydrogen) atoms. The van der Waals surface area contributed by atoms with Crippen molar-refractivity contribution < 1.29 is 28.2 Å². The summed E-state index contributed by atoms with van der Waals surface area (Å²) < 4.78 is 23.1. The van der Waals surface area contributed by atoms with E-state index in [1.165, 1.54) is 7.11 Å². The van der Waals surface area contributed by atoms with Crippen LogP contribution < -0.4 is 19.5 Å². The van der Waals surface area contributed by atoms with Crippen molar-refractivity contribution in [1.82, 2.24) is 0 Å². The van der Waals surface area contributed by atoms with Crippen LogP contribution >= 0.6 is 0 Å². The second-order valence-electron chi connectivity index (χ2n) is 10.7. The minimum atomic E-state index is -2.19. The highest BCUT2D eigenvalue weighted by Crippen LogP contribution is 2.40. The van der Waals surface area contributed by atoms with E-state index in [9.17, 15) is 9.59 Å². The molecule has 3 rings (SSSR count). The summed E-state index contributed by atoms with van der Waals surface area (Å²) >= 11 is 0. The van der Waals surface area contributed by atoms with Gasteiger partial charge < -0.3 is 18.6 Å². The van der Waals surface area contributed by atoms with E-state index in [2.05, 4.69) is 24.3 Å². The maximum atomic E-state index is 13.6. The predicted octanol–water partition coefficient (Wildman–Crippen LogP) is 4.41. The van der Waals surface area contributed by atoms with Crippen molar-refractivity contribution in [3.8, 4) is 11.5 Å². The zero-order valence-electron chi connectivity index (χ0n) is 22.7. The summed E-state index contributed by atoms with van der Waals surface area (Å²) in [5.74, 6) is -0.258. The number of ether oxygens (including phenoxy) is 3. The van der Waals surface area contributed by atoms with Gasteiger partial charge in [0.2, 0.25) is 0 Å². The Morgan fingerprint density at radius 2 is 1.27 bits per heavy atom. The third kappa shape index (κ3) is 7.46. The van der Waals surface area contributed by atoms with E-state index in [1.807, 2.05) is 84.0 Å². The van der Waals surface area contributed by atoms with Gasteiger partial charge in [-0.3, -0.25) is 0 Å². The maximum Gasteiger partial charge on any atom is 0.343 e. The van der Waals surface area contributed by atoms with E-state index in [0.717, 1.165) is 10.4 Å². The molecule has 7 heteroatoms. The molecule has 0 unspecified atom stereocenters. The van der Waals surface area contributed by atoms with Gasteiger partial charge in [0.1, 0.15) is 22.7 Å². The SMILES string of the molecule is COC(=O)COc1ccc(O[SiH](c2ccccc2)c2ccccc2)c(C(C)(C)C)c1C(=O)OC(C)(C)C. The molecule has 3 aromatic carbocycles. The van der Waals surface area contributed by atoms with Gasteiger partial charge in [0.05, 0.1) is 7.11 Å². The second-order valence-corrected chi connectivity index (χ2v) is 13.1. The second kappa shape index (κ2) is 11.6. The number of hydrogen-bond donors (Lipinski definition) is 0. The van der Waals surface area contributed by atoms with Crippen LogP contribution in [0.5, 0.6) is 11.5 Å². The third-order valence-corrected chi connectivity index (χ3v) is 7.97. The zero-order valence-corrected chi connectivity index (χ0v) is 23.8. The standard InChI is InChI=1S/C30H36O6Si/c1-29(2,3)27-24(36-37(21-14-10-8-11-15-21)22-16-12-9-13-17-22)19-18-23(34-20-25(31)33-7)26(27)28(32)35-30(4,5)6/h8-19,37H,20H2,1-7H3. The van der Waals surface area contributed by atoms with Crippen LogP contribution in [0.15, 0.2) is 72.8 Å². The van der Waals surface area contributed by atoms with Gasteiger partial charge in [-0.1, -0.05) is 81.4 Å². The van der Waals surface area contributed by atoms with Crippen molar-refractivity contribution >= 4 is 31.4 Å². The molecule has 0 heterocycles. The lowest BCUT2D eigenvalue weighted by atomic mass is 9.82. The van der Waals surface area contributed by atoms with Crippen molar-refractivity contribution in [2.75, 3.05) is 13.7 Å². The summed E-state index contributed by atoms with van der Waals surface area (Å²) in [4.78, 5) is 25.4. The first kappa shape index (κ1) is 28.0. The first-order chi connectivity index (χ1) is 17.4. The van der Waals surface area contributed by atoms with Crippen LogP contribution in [0.25, 0.3) is 0 Å². The number of hydrogen-bond acceptors (Lipinski definition) is 6. The maximum absolute atomic E-state index is 13.6. The van der Waals surface area contributed by atoms with Crippen LogP contribution in [-0.2, 0) is 19.7 Å². The molecule has 0 aliphatic heterocycles. The van der Waals surface area contributed by atoms with Gasteiger partial charge in [0.25, 0.3) is 9.04 Å². The highest BCUT2D eigenvalue weighted by Gasteiger charge is 2.34. The molecule has 0 aliphatic carbocycles. The van der Waals surface area contributed by atoms with Crippen molar-refractivity contribution in [2.24, 2.45) is 0 Å². The fourth-order valence-corrected chi connectivity index (χ4v) is 6.22. The average molecular weight is 521 g/mol. The summed E-state index contributed by atoms with van der Waals surface area (Å²) in [5.41, 5.74) is -0.335. The van der Waals surface area contributed by atoms with Gasteiger partial charge in [0.15, 0.2) is 6.61 Å². The Balaban J connectivity index is 2.20. The average Bonchev–Trinajstić information content (AvgIpc) is 2.85. The summed E-state index contributed by atoms with van der Waals surface area (Å²) in [7, 11) is -0.904. The van der Waals surface area contributed by atoms with Crippen molar-refractivity contribution in [3.63, 3.8) is 0 Å². The lowest BCUT2D eigenvalue weighted by molar-refractivity contribution is -0.142. The molecule has 0 amide bonds. The Morgan fingerprint density at radius 3 is 1.73 bits per heavy atom. The quantitative estimate of drug-likeness (QED) is 0.324. The van der Waals surface area contributed by atoms with Gasteiger partial charge in [0, 0.05) is 5.56 Å². The molecule has 0 aromatic heterocycles.